The van der Waals surface area contributed by atoms with Crippen LogP contribution in [0.3, 0.4) is 0 Å². The van der Waals surface area contributed by atoms with Crippen molar-refractivity contribution in [3.63, 3.8) is 0 Å². The average molecular weight is 190 g/mol. The van der Waals surface area contributed by atoms with Crippen LogP contribution in [0.25, 0.3) is 0 Å². The van der Waals surface area contributed by atoms with Gasteiger partial charge < -0.3 is 0 Å². The summed E-state index contributed by atoms with van der Waals surface area (Å²) >= 11 is 0. The zero-order chi connectivity index (χ0) is 2.00. The summed E-state index contributed by atoms with van der Waals surface area (Å²) in [5.74, 6) is 0. The van der Waals surface area contributed by atoms with E-state index in [4.69, 9.17) is 0 Å². The fraction of sp³-hybridized carbons (Fsp3) is 0. The number of rotatable bonds is 0. The summed E-state index contributed by atoms with van der Waals surface area (Å²) in [4.78, 5) is 0. The van der Waals surface area contributed by atoms with E-state index < -0.39 is 0 Å². The summed E-state index contributed by atoms with van der Waals surface area (Å²) in [6, 6.07) is 0. The SMILES string of the molecule is Br.Br.C=C. The highest BCUT2D eigenvalue weighted by Gasteiger charge is 0.601. The van der Waals surface area contributed by atoms with Crippen LogP contribution in [0.15, 0.2) is 13.2 Å². The van der Waals surface area contributed by atoms with E-state index in [1.54, 1.807) is 0 Å². The van der Waals surface area contributed by atoms with Gasteiger partial charge in [0.1, 0.15) is 0 Å². The molecule has 0 aliphatic carbocycles. The summed E-state index contributed by atoms with van der Waals surface area (Å²) in [5.41, 5.74) is 0. The van der Waals surface area contributed by atoms with Crippen LogP contribution in [-0.4, -0.2) is 0 Å². The van der Waals surface area contributed by atoms with Crippen molar-refractivity contribution in [2.45, 2.75) is 0 Å². The van der Waals surface area contributed by atoms with Gasteiger partial charge in [0.25, 0.3) is 0 Å². The van der Waals surface area contributed by atoms with Gasteiger partial charge >= 0.3 is 0 Å². The molecule has 4 heavy (non-hydrogen) atoms. The lowest BCUT2D eigenvalue weighted by Gasteiger charge is -0.813. The first-order chi connectivity index (χ1) is 1.00. The molecule has 0 aromatic carbocycles. The number of hydrogen-bond donors (Lipinski definition) is 0. The van der Waals surface area contributed by atoms with Crippen LogP contribution in [0.5, 0.6) is 0 Å². The third-order valence-electron chi connectivity index (χ3n) is 0. The molecular formula is C2H6Br2. The third kappa shape index (κ3) is 15.9. The molecule has 0 heterocycles. The molecule has 0 saturated carbocycles. The average Bonchev–Trinajstić information content (AvgIpc) is 1.00. The van der Waals surface area contributed by atoms with Crippen LogP contribution >= 0.6 is 34.0 Å². The highest BCUT2D eigenvalue weighted by molar-refractivity contribution is 8.93. The molecule has 0 spiro atoms. The van der Waals surface area contributed by atoms with Crippen molar-refractivity contribution in [2.24, 2.45) is 0 Å². The van der Waals surface area contributed by atoms with E-state index in [9.17, 15) is 0 Å². The summed E-state index contributed by atoms with van der Waals surface area (Å²) in [7, 11) is 0. The minimum atomic E-state index is 0. The monoisotopic (exact) mass is 188 g/mol. The molecule has 2 heteroatoms. The Bertz CT molecular complexity index is 4.00. The molecule has 0 saturated heterocycles. The lowest BCUT2D eigenvalue weighted by molar-refractivity contribution is 2.81. The Morgan fingerprint density at radius 1 is 0.750 bits per heavy atom. The first-order valence-electron chi connectivity index (χ1n) is 0.500. The van der Waals surface area contributed by atoms with E-state index in [0.29, 0.717) is 0 Å². The van der Waals surface area contributed by atoms with E-state index in [2.05, 4.69) is 13.2 Å². The second-order valence-corrected chi connectivity index (χ2v) is 0. The van der Waals surface area contributed by atoms with Crippen molar-refractivity contribution in [1.82, 2.24) is 0 Å². The molecule has 0 bridgehead atoms. The molecule has 0 aliphatic rings. The molecule has 0 aromatic rings. The molecule has 0 aliphatic heterocycles. The van der Waals surface area contributed by atoms with Crippen molar-refractivity contribution in [2.75, 3.05) is 0 Å². The molecule has 0 N–H and O–H groups in total. The largest absolute Gasteiger partial charge is 0.114 e. The predicted molar refractivity (Wildman–Crippen MR) is 31.9 cm³/mol. The topological polar surface area (TPSA) is 0 Å². The number of halogens is 2. The van der Waals surface area contributed by atoms with Gasteiger partial charge in [0.05, 0.1) is 0 Å². The Morgan fingerprint density at radius 2 is 0.750 bits per heavy atom. The lowest BCUT2D eigenvalue weighted by atomic mass is 11.3. The minimum absolute atomic E-state index is 0. The third-order valence-corrected chi connectivity index (χ3v) is 0. The van der Waals surface area contributed by atoms with Gasteiger partial charge in [-0.2, -0.15) is 0 Å². The molecule has 0 aromatic heterocycles. The van der Waals surface area contributed by atoms with Crippen LogP contribution in [-0.2, 0) is 0 Å². The zero-order valence-electron chi connectivity index (χ0n) is 2.23. The second kappa shape index (κ2) is 55.0. The smallest absolute Gasteiger partial charge is 0.106 e. The standard InChI is InChI=1S/C2H4.2BrH/c1-2;;/h1-2H2;2*1H. The second-order valence-electron chi connectivity index (χ2n) is 0. The lowest BCUT2D eigenvalue weighted by Crippen LogP contribution is -0.552. The van der Waals surface area contributed by atoms with Crippen molar-refractivity contribution >= 4 is 34.0 Å². The highest BCUT2D eigenvalue weighted by atomic mass is 79.9. The first kappa shape index (κ1) is 22.3. The highest BCUT2D eigenvalue weighted by Crippen LogP contribution is 0.862. The molecule has 0 atom stereocenters. The van der Waals surface area contributed by atoms with Gasteiger partial charge in [0.15, 0.2) is 0 Å². The van der Waals surface area contributed by atoms with Crippen molar-refractivity contribution in [1.29, 1.82) is 0 Å². The Labute approximate surface area is 47.4 Å². The molecule has 0 fully saturated rings. The van der Waals surface area contributed by atoms with E-state index in [-0.39, 0.29) is 34.0 Å². The Morgan fingerprint density at radius 3 is 0.750 bits per heavy atom. The van der Waals surface area contributed by atoms with E-state index >= 15 is 0 Å². The van der Waals surface area contributed by atoms with Crippen LogP contribution in [0, 0.1) is 0 Å². The molecule has 0 rings (SSSR count). The maximum Gasteiger partial charge on any atom is -0.106 e. The van der Waals surface area contributed by atoms with Crippen molar-refractivity contribution in [3.8, 4) is 0 Å². The summed E-state index contributed by atoms with van der Waals surface area (Å²) in [5, 5.41) is 0. The normalized spacial score (nSPS) is 1.00. The van der Waals surface area contributed by atoms with E-state index in [1.807, 2.05) is 0 Å². The van der Waals surface area contributed by atoms with Gasteiger partial charge in [-0.1, -0.05) is 0 Å². The summed E-state index contributed by atoms with van der Waals surface area (Å²) in [6.07, 6.45) is 0. The Kier molecular flexibility index (Phi) is 306. The van der Waals surface area contributed by atoms with Gasteiger partial charge in [0, 0.05) is 0 Å². The van der Waals surface area contributed by atoms with Crippen LogP contribution < -0.4 is 0 Å². The summed E-state index contributed by atoms with van der Waals surface area (Å²) in [6.45, 7) is 6.00. The predicted octanol–water partition coefficient (Wildman–Crippen LogP) is 1.96. The molecular weight excluding hydrogens is 184 g/mol. The van der Waals surface area contributed by atoms with Gasteiger partial charge in [-0.15, -0.1) is 47.1 Å². The molecule has 0 nitrogen and oxygen atoms in total. The van der Waals surface area contributed by atoms with Crippen molar-refractivity contribution in [3.05, 3.63) is 13.2 Å². The van der Waals surface area contributed by atoms with Gasteiger partial charge in [-0.25, -0.2) is 0 Å². The molecule has 28 valence electrons. The van der Waals surface area contributed by atoms with Gasteiger partial charge in [-0.3, -0.25) is 0 Å². The summed E-state index contributed by atoms with van der Waals surface area (Å²) < 4.78 is 0. The van der Waals surface area contributed by atoms with Crippen LogP contribution in [0.1, 0.15) is 0 Å². The zero-order valence-corrected chi connectivity index (χ0v) is 5.66. The fourth-order valence-electron chi connectivity index (χ4n) is 0. The van der Waals surface area contributed by atoms with Gasteiger partial charge in [-0.05, 0) is 0 Å². The molecule has 0 radical (unpaired) electrons. The molecule has 0 unspecified atom stereocenters. The Balaban J connectivity index is -0.00000000500. The first-order valence-corrected chi connectivity index (χ1v) is 0.500. The maximum atomic E-state index is 3.00. The van der Waals surface area contributed by atoms with E-state index in [0.717, 1.165) is 0 Å². The van der Waals surface area contributed by atoms with E-state index in [1.165, 1.54) is 0 Å². The van der Waals surface area contributed by atoms with Gasteiger partial charge in [0.2, 0.25) is 0 Å². The number of hydrogen-bond acceptors (Lipinski definition) is 0. The fourth-order valence-corrected chi connectivity index (χ4v) is 0. The van der Waals surface area contributed by atoms with Crippen LogP contribution in [0.4, 0.5) is 0 Å². The quantitative estimate of drug-likeness (QED) is 0.512. The van der Waals surface area contributed by atoms with Crippen molar-refractivity contribution < 1.29 is 0 Å². The molecule has 0 amide bonds. The Hall–Kier alpha value is 0.700. The minimum Gasteiger partial charge on any atom is -0.114 e. The van der Waals surface area contributed by atoms with Crippen LogP contribution in [0.2, 0.25) is 0 Å². The maximum absolute atomic E-state index is 3.00.